The number of ether oxygens (including phenoxy) is 1. The van der Waals surface area contributed by atoms with Crippen LogP contribution >= 0.6 is 0 Å². The third-order valence-corrected chi connectivity index (χ3v) is 3.19. The molecule has 0 spiro atoms. The highest BCUT2D eigenvalue weighted by Crippen LogP contribution is 2.13. The Bertz CT molecular complexity index is 898. The molecule has 9 heteroatoms. The average Bonchev–Trinajstić information content (AvgIpc) is 2.54. The van der Waals surface area contributed by atoms with Crippen molar-refractivity contribution in [3.8, 4) is 0 Å². The first-order chi connectivity index (χ1) is 12.2. The van der Waals surface area contributed by atoms with Crippen LogP contribution < -0.4 is 16.2 Å². The van der Waals surface area contributed by atoms with Crippen LogP contribution in [0.15, 0.2) is 29.1 Å². The molecule has 138 valence electrons. The highest BCUT2D eigenvalue weighted by atomic mass is 16.5. The summed E-state index contributed by atoms with van der Waals surface area (Å²) in [6.07, 6.45) is -0.223. The standard InChI is InChI=1S/C17H20N4O5/c1-17(2,3)19-16(25)18-13(22)9-26-14(23)8-12-10-6-4-5-7-11(10)15(24)21-20-12/h4-7H,8-9H2,1-3H3,(H,21,24)(H2,18,19,22,25). The Kier molecular flexibility index (Phi) is 5.71. The minimum atomic E-state index is -0.751. The monoisotopic (exact) mass is 360 g/mol. The van der Waals surface area contributed by atoms with E-state index in [0.29, 0.717) is 16.5 Å². The molecule has 0 bridgehead atoms. The molecule has 0 aliphatic heterocycles. The van der Waals surface area contributed by atoms with E-state index < -0.39 is 30.1 Å². The zero-order valence-electron chi connectivity index (χ0n) is 14.7. The number of urea groups is 1. The van der Waals surface area contributed by atoms with Gasteiger partial charge >= 0.3 is 12.0 Å². The van der Waals surface area contributed by atoms with E-state index in [4.69, 9.17) is 4.74 Å². The predicted octanol–water partition coefficient (Wildman–Crippen LogP) is 0.633. The van der Waals surface area contributed by atoms with Crippen LogP contribution in [0.4, 0.5) is 4.79 Å². The van der Waals surface area contributed by atoms with Crippen LogP contribution in [0.2, 0.25) is 0 Å². The van der Waals surface area contributed by atoms with Gasteiger partial charge in [0.25, 0.3) is 11.5 Å². The van der Waals surface area contributed by atoms with Gasteiger partial charge in [-0.3, -0.25) is 19.7 Å². The zero-order valence-corrected chi connectivity index (χ0v) is 14.7. The molecule has 0 atom stereocenters. The number of aromatic nitrogens is 2. The molecule has 1 heterocycles. The van der Waals surface area contributed by atoms with Crippen molar-refractivity contribution in [2.24, 2.45) is 0 Å². The van der Waals surface area contributed by atoms with Crippen molar-refractivity contribution in [1.82, 2.24) is 20.8 Å². The van der Waals surface area contributed by atoms with Crippen molar-refractivity contribution in [2.45, 2.75) is 32.7 Å². The Hall–Kier alpha value is -3.23. The number of carbonyl (C=O) groups is 3. The Balaban J connectivity index is 1.92. The minimum Gasteiger partial charge on any atom is -0.455 e. The van der Waals surface area contributed by atoms with E-state index in [1.165, 1.54) is 0 Å². The molecule has 0 aliphatic carbocycles. The summed E-state index contributed by atoms with van der Waals surface area (Å²) in [5.74, 6) is -1.46. The van der Waals surface area contributed by atoms with Gasteiger partial charge in [0.2, 0.25) is 0 Å². The molecule has 0 saturated heterocycles. The van der Waals surface area contributed by atoms with E-state index in [1.807, 2.05) is 0 Å². The average molecular weight is 360 g/mol. The van der Waals surface area contributed by atoms with Gasteiger partial charge in [0.15, 0.2) is 6.61 Å². The van der Waals surface area contributed by atoms with Gasteiger partial charge in [-0.15, -0.1) is 0 Å². The minimum absolute atomic E-state index is 0.223. The number of esters is 1. The van der Waals surface area contributed by atoms with E-state index in [1.54, 1.807) is 45.0 Å². The molecule has 9 nitrogen and oxygen atoms in total. The smallest absolute Gasteiger partial charge is 0.321 e. The molecule has 2 rings (SSSR count). The van der Waals surface area contributed by atoms with Gasteiger partial charge in [-0.2, -0.15) is 5.10 Å². The van der Waals surface area contributed by atoms with Gasteiger partial charge in [-0.1, -0.05) is 18.2 Å². The normalized spacial score (nSPS) is 11.0. The van der Waals surface area contributed by atoms with E-state index in [2.05, 4.69) is 20.8 Å². The molecule has 2 aromatic rings. The van der Waals surface area contributed by atoms with Gasteiger partial charge in [-0.25, -0.2) is 9.89 Å². The Morgan fingerprint density at radius 2 is 1.81 bits per heavy atom. The van der Waals surface area contributed by atoms with Crippen LogP contribution in [0.25, 0.3) is 10.8 Å². The summed E-state index contributed by atoms with van der Waals surface area (Å²) >= 11 is 0. The lowest BCUT2D eigenvalue weighted by molar-refractivity contribution is -0.147. The van der Waals surface area contributed by atoms with Crippen molar-refractivity contribution in [3.05, 3.63) is 40.3 Å². The number of H-pyrrole nitrogens is 1. The SMILES string of the molecule is CC(C)(C)NC(=O)NC(=O)COC(=O)Cc1n[nH]c(=O)c2ccccc12. The number of nitrogens with zero attached hydrogens (tertiary/aromatic N) is 1. The number of nitrogens with one attached hydrogen (secondary N) is 3. The van der Waals surface area contributed by atoms with Crippen molar-refractivity contribution in [2.75, 3.05) is 6.61 Å². The molecule has 0 aliphatic rings. The number of aromatic amines is 1. The molecule has 0 unspecified atom stereocenters. The van der Waals surface area contributed by atoms with Crippen molar-refractivity contribution < 1.29 is 19.1 Å². The van der Waals surface area contributed by atoms with E-state index >= 15 is 0 Å². The molecule has 3 amide bonds. The second-order valence-corrected chi connectivity index (χ2v) is 6.63. The quantitative estimate of drug-likeness (QED) is 0.686. The van der Waals surface area contributed by atoms with E-state index in [-0.39, 0.29) is 12.0 Å². The number of hydrogen-bond acceptors (Lipinski definition) is 6. The molecule has 1 aromatic carbocycles. The topological polar surface area (TPSA) is 130 Å². The molecule has 0 radical (unpaired) electrons. The van der Waals surface area contributed by atoms with Crippen LogP contribution in [0.3, 0.4) is 0 Å². The van der Waals surface area contributed by atoms with Gasteiger partial charge < -0.3 is 10.1 Å². The largest absolute Gasteiger partial charge is 0.455 e. The van der Waals surface area contributed by atoms with Gasteiger partial charge in [0.1, 0.15) is 0 Å². The van der Waals surface area contributed by atoms with Crippen LogP contribution in [-0.2, 0) is 20.7 Å². The molecule has 1 aromatic heterocycles. The molecule has 0 fully saturated rings. The first-order valence-electron chi connectivity index (χ1n) is 7.89. The number of fused-ring (bicyclic) bond motifs is 1. The number of benzene rings is 1. The van der Waals surface area contributed by atoms with Crippen LogP contribution in [-0.4, -0.2) is 40.3 Å². The highest BCUT2D eigenvalue weighted by molar-refractivity contribution is 5.96. The lowest BCUT2D eigenvalue weighted by atomic mass is 10.1. The maximum atomic E-state index is 11.9. The molecular weight excluding hydrogens is 340 g/mol. The van der Waals surface area contributed by atoms with Crippen LogP contribution in [0, 0.1) is 0 Å². The van der Waals surface area contributed by atoms with Crippen molar-refractivity contribution in [1.29, 1.82) is 0 Å². The number of hydrogen-bond donors (Lipinski definition) is 3. The van der Waals surface area contributed by atoms with Gasteiger partial charge in [-0.05, 0) is 26.8 Å². The first-order valence-corrected chi connectivity index (χ1v) is 7.89. The third kappa shape index (κ3) is 5.40. The van der Waals surface area contributed by atoms with Gasteiger partial charge in [0, 0.05) is 10.9 Å². The Labute approximate surface area is 149 Å². The lowest BCUT2D eigenvalue weighted by Gasteiger charge is -2.20. The molecule has 26 heavy (non-hydrogen) atoms. The maximum Gasteiger partial charge on any atom is 0.321 e. The second kappa shape index (κ2) is 7.77. The van der Waals surface area contributed by atoms with E-state index in [9.17, 15) is 19.2 Å². The van der Waals surface area contributed by atoms with Crippen molar-refractivity contribution >= 4 is 28.7 Å². The maximum absolute atomic E-state index is 11.9. The Morgan fingerprint density at radius 1 is 1.15 bits per heavy atom. The molecule has 3 N–H and O–H groups in total. The second-order valence-electron chi connectivity index (χ2n) is 6.63. The van der Waals surface area contributed by atoms with Crippen molar-refractivity contribution in [3.63, 3.8) is 0 Å². The summed E-state index contributed by atoms with van der Waals surface area (Å²) in [5, 5.41) is 11.7. The summed E-state index contributed by atoms with van der Waals surface area (Å²) in [4.78, 5) is 46.8. The summed E-state index contributed by atoms with van der Waals surface area (Å²) < 4.78 is 4.85. The predicted molar refractivity (Wildman–Crippen MR) is 93.5 cm³/mol. The number of amides is 3. The number of carbonyl (C=O) groups excluding carboxylic acids is 3. The van der Waals surface area contributed by atoms with E-state index in [0.717, 1.165) is 0 Å². The van der Waals surface area contributed by atoms with Gasteiger partial charge in [0.05, 0.1) is 17.5 Å². The lowest BCUT2D eigenvalue weighted by Crippen LogP contribution is -2.49. The first kappa shape index (κ1) is 19.1. The summed E-state index contributed by atoms with van der Waals surface area (Å²) in [6, 6.07) is 6.04. The molecular formula is C17H20N4O5. The fraction of sp³-hybridized carbons (Fsp3) is 0.353. The third-order valence-electron chi connectivity index (χ3n) is 3.19. The summed E-state index contributed by atoms with van der Waals surface area (Å²) in [6.45, 7) is 4.69. The highest BCUT2D eigenvalue weighted by Gasteiger charge is 2.17. The number of rotatable bonds is 4. The zero-order chi connectivity index (χ0) is 19.3. The fourth-order valence-corrected chi connectivity index (χ4v) is 2.17. The Morgan fingerprint density at radius 3 is 2.46 bits per heavy atom. The van der Waals surface area contributed by atoms with Crippen LogP contribution in [0.5, 0.6) is 0 Å². The fourth-order valence-electron chi connectivity index (χ4n) is 2.17. The summed E-state index contributed by atoms with van der Waals surface area (Å²) in [5.41, 5.74) is -0.532. The van der Waals surface area contributed by atoms with Crippen LogP contribution in [0.1, 0.15) is 26.5 Å². The summed E-state index contributed by atoms with van der Waals surface area (Å²) in [7, 11) is 0. The molecule has 0 saturated carbocycles. The number of imide groups is 1.